The molecule has 6 nitrogen and oxygen atoms in total. The van der Waals surface area contributed by atoms with Crippen LogP contribution in [-0.2, 0) is 16.8 Å². The van der Waals surface area contributed by atoms with E-state index < -0.39 is 5.41 Å². The summed E-state index contributed by atoms with van der Waals surface area (Å²) in [7, 11) is 0. The Hall–Kier alpha value is -2.96. The van der Waals surface area contributed by atoms with Gasteiger partial charge in [0.15, 0.2) is 0 Å². The molecule has 5 rings (SSSR count). The number of anilines is 1. The minimum Gasteiger partial charge on any atom is -0.493 e. The van der Waals surface area contributed by atoms with Crippen LogP contribution in [0.1, 0.15) is 31.5 Å². The highest BCUT2D eigenvalue weighted by molar-refractivity contribution is 6.06. The van der Waals surface area contributed by atoms with Gasteiger partial charge in [0.1, 0.15) is 5.75 Å². The summed E-state index contributed by atoms with van der Waals surface area (Å²) in [5, 5.41) is 4.16. The Morgan fingerprint density at radius 1 is 0.970 bits per heavy atom. The van der Waals surface area contributed by atoms with Crippen molar-refractivity contribution in [1.82, 2.24) is 14.8 Å². The molecule has 6 heteroatoms. The van der Waals surface area contributed by atoms with Gasteiger partial charge in [-0.15, -0.1) is 0 Å². The fraction of sp³-hybridized carbons (Fsp3) is 0.407. The molecule has 1 N–H and O–H groups in total. The maximum atomic E-state index is 12.3. The van der Waals surface area contributed by atoms with Crippen LogP contribution in [0.25, 0.3) is 10.9 Å². The normalized spacial score (nSPS) is 18.3. The van der Waals surface area contributed by atoms with Crippen molar-refractivity contribution in [3.05, 3.63) is 65.9 Å². The summed E-state index contributed by atoms with van der Waals surface area (Å²) in [6, 6.07) is 18.5. The maximum Gasteiger partial charge on any atom is 0.234 e. The Morgan fingerprint density at radius 2 is 1.76 bits per heavy atom. The molecule has 0 bridgehead atoms. The number of aromatic nitrogens is 1. The predicted octanol–water partition coefficient (Wildman–Crippen LogP) is 4.05. The van der Waals surface area contributed by atoms with Gasteiger partial charge in [-0.3, -0.25) is 14.7 Å². The molecule has 2 aliphatic heterocycles. The number of fused-ring (bicyclic) bond motifs is 2. The lowest BCUT2D eigenvalue weighted by molar-refractivity contribution is -0.119. The number of rotatable bonds is 7. The van der Waals surface area contributed by atoms with Gasteiger partial charge in [0.25, 0.3) is 0 Å². The molecule has 0 aliphatic carbocycles. The molecule has 1 aromatic heterocycles. The number of hydrogen-bond acceptors (Lipinski definition) is 5. The van der Waals surface area contributed by atoms with E-state index in [4.69, 9.17) is 9.72 Å². The zero-order valence-corrected chi connectivity index (χ0v) is 19.5. The van der Waals surface area contributed by atoms with E-state index in [9.17, 15) is 4.79 Å². The first-order chi connectivity index (χ1) is 16.0. The Kier molecular flexibility index (Phi) is 6.04. The largest absolute Gasteiger partial charge is 0.493 e. The second kappa shape index (κ2) is 9.12. The van der Waals surface area contributed by atoms with Crippen molar-refractivity contribution < 1.29 is 9.53 Å². The van der Waals surface area contributed by atoms with Crippen molar-refractivity contribution in [2.75, 3.05) is 44.6 Å². The van der Waals surface area contributed by atoms with Crippen molar-refractivity contribution in [2.24, 2.45) is 0 Å². The van der Waals surface area contributed by atoms with Gasteiger partial charge in [0.05, 0.1) is 23.2 Å². The second-order valence-corrected chi connectivity index (χ2v) is 9.57. The molecular formula is C27H32N4O2. The Bertz CT molecular complexity index is 1150. The van der Waals surface area contributed by atoms with Crippen molar-refractivity contribution in [3.8, 4) is 5.75 Å². The monoisotopic (exact) mass is 444 g/mol. The summed E-state index contributed by atoms with van der Waals surface area (Å²) in [5.74, 6) is 0.855. The quantitative estimate of drug-likeness (QED) is 0.557. The van der Waals surface area contributed by atoms with Gasteiger partial charge in [-0.1, -0.05) is 30.3 Å². The highest BCUT2D eigenvalue weighted by Gasteiger charge is 2.40. The van der Waals surface area contributed by atoms with E-state index in [0.717, 1.165) is 73.9 Å². The van der Waals surface area contributed by atoms with Gasteiger partial charge in [-0.2, -0.15) is 0 Å². The summed E-state index contributed by atoms with van der Waals surface area (Å²) in [4.78, 5) is 22.1. The van der Waals surface area contributed by atoms with Crippen molar-refractivity contribution in [1.29, 1.82) is 0 Å². The summed E-state index contributed by atoms with van der Waals surface area (Å²) >= 11 is 0. The van der Waals surface area contributed by atoms with Crippen LogP contribution in [0, 0.1) is 0 Å². The molecule has 1 fully saturated rings. The van der Waals surface area contributed by atoms with E-state index in [1.54, 1.807) is 0 Å². The molecule has 3 aromatic rings. The van der Waals surface area contributed by atoms with Crippen LogP contribution >= 0.6 is 0 Å². The van der Waals surface area contributed by atoms with E-state index in [-0.39, 0.29) is 5.91 Å². The van der Waals surface area contributed by atoms with E-state index in [2.05, 4.69) is 45.4 Å². The van der Waals surface area contributed by atoms with E-state index >= 15 is 0 Å². The molecule has 0 saturated carbocycles. The van der Waals surface area contributed by atoms with Gasteiger partial charge < -0.3 is 15.0 Å². The number of pyridine rings is 1. The molecule has 1 saturated heterocycles. The van der Waals surface area contributed by atoms with Crippen LogP contribution in [0.4, 0.5) is 5.69 Å². The lowest BCUT2D eigenvalue weighted by Crippen LogP contribution is -2.46. The SMILES string of the molecule is CC1(C)C(=O)Nc2cccc(OCCCN3CCN(Cc4ccc5ccccc5n4)CC3)c21. The van der Waals surface area contributed by atoms with Crippen molar-refractivity contribution in [3.63, 3.8) is 0 Å². The van der Waals surface area contributed by atoms with Crippen LogP contribution in [0.15, 0.2) is 54.6 Å². The smallest absolute Gasteiger partial charge is 0.234 e. The molecule has 3 heterocycles. The Labute approximate surface area is 195 Å². The minimum atomic E-state index is -0.553. The number of hydrogen-bond donors (Lipinski definition) is 1. The Balaban J connectivity index is 1.07. The third-order valence-electron chi connectivity index (χ3n) is 6.85. The maximum absolute atomic E-state index is 12.3. The molecule has 0 radical (unpaired) electrons. The lowest BCUT2D eigenvalue weighted by atomic mass is 9.85. The van der Waals surface area contributed by atoms with E-state index in [1.807, 2.05) is 38.1 Å². The number of carbonyl (C=O) groups is 1. The number of amides is 1. The van der Waals surface area contributed by atoms with Crippen LogP contribution in [0.3, 0.4) is 0 Å². The van der Waals surface area contributed by atoms with Gasteiger partial charge in [-0.05, 0) is 44.5 Å². The molecular weight excluding hydrogens is 412 g/mol. The molecule has 33 heavy (non-hydrogen) atoms. The van der Waals surface area contributed by atoms with Gasteiger partial charge in [-0.25, -0.2) is 0 Å². The average molecular weight is 445 g/mol. The lowest BCUT2D eigenvalue weighted by Gasteiger charge is -2.34. The third-order valence-corrected chi connectivity index (χ3v) is 6.85. The Morgan fingerprint density at radius 3 is 2.61 bits per heavy atom. The molecule has 1 amide bonds. The number of para-hydroxylation sites is 1. The van der Waals surface area contributed by atoms with Crippen LogP contribution in [-0.4, -0.2) is 60.0 Å². The predicted molar refractivity (Wildman–Crippen MR) is 132 cm³/mol. The number of ether oxygens (including phenoxy) is 1. The van der Waals surface area contributed by atoms with E-state index in [1.165, 1.54) is 5.39 Å². The zero-order chi connectivity index (χ0) is 22.8. The first kappa shape index (κ1) is 21.9. The molecule has 0 atom stereocenters. The number of carbonyl (C=O) groups excluding carboxylic acids is 1. The number of benzene rings is 2. The molecule has 0 spiro atoms. The fourth-order valence-electron chi connectivity index (χ4n) is 4.86. The second-order valence-electron chi connectivity index (χ2n) is 9.57. The first-order valence-corrected chi connectivity index (χ1v) is 11.9. The molecule has 172 valence electrons. The minimum absolute atomic E-state index is 0.0327. The average Bonchev–Trinajstić information content (AvgIpc) is 3.06. The molecule has 0 unspecified atom stereocenters. The van der Waals surface area contributed by atoms with Gasteiger partial charge >= 0.3 is 0 Å². The summed E-state index contributed by atoms with van der Waals surface area (Å²) in [6.07, 6.45) is 0.970. The highest BCUT2D eigenvalue weighted by Crippen LogP contribution is 2.43. The van der Waals surface area contributed by atoms with E-state index in [0.29, 0.717) is 6.61 Å². The summed E-state index contributed by atoms with van der Waals surface area (Å²) < 4.78 is 6.12. The molecule has 2 aromatic carbocycles. The fourth-order valence-corrected chi connectivity index (χ4v) is 4.86. The zero-order valence-electron chi connectivity index (χ0n) is 19.5. The van der Waals surface area contributed by atoms with Crippen LogP contribution < -0.4 is 10.1 Å². The topological polar surface area (TPSA) is 57.7 Å². The number of nitrogens with zero attached hydrogens (tertiary/aromatic N) is 3. The van der Waals surface area contributed by atoms with Crippen LogP contribution in [0.2, 0.25) is 0 Å². The van der Waals surface area contributed by atoms with Crippen LogP contribution in [0.5, 0.6) is 5.75 Å². The number of nitrogens with one attached hydrogen (secondary N) is 1. The molecule has 2 aliphatic rings. The number of piperazine rings is 1. The van der Waals surface area contributed by atoms with Gasteiger partial charge in [0.2, 0.25) is 5.91 Å². The van der Waals surface area contributed by atoms with Crippen molar-refractivity contribution in [2.45, 2.75) is 32.2 Å². The van der Waals surface area contributed by atoms with Crippen molar-refractivity contribution >= 4 is 22.5 Å². The first-order valence-electron chi connectivity index (χ1n) is 11.9. The highest BCUT2D eigenvalue weighted by atomic mass is 16.5. The van der Waals surface area contributed by atoms with Gasteiger partial charge in [0, 0.05) is 55.9 Å². The summed E-state index contributed by atoms with van der Waals surface area (Å²) in [5.41, 5.74) is 3.51. The third kappa shape index (κ3) is 4.59. The summed E-state index contributed by atoms with van der Waals surface area (Å²) in [6.45, 7) is 10.7. The standard InChI is InChI=1S/C27H32N4O2/c1-27(2)25-23(29-26(27)32)9-5-10-24(25)33-18-6-13-30-14-16-31(17-15-30)19-21-12-11-20-7-3-4-8-22(20)28-21/h3-5,7-12H,6,13-19H2,1-2H3,(H,29,32).